The average Bonchev–Trinajstić information content (AvgIpc) is 3.03. The van der Waals surface area contributed by atoms with Gasteiger partial charge in [-0.05, 0) is 12.1 Å². The highest BCUT2D eigenvalue weighted by atomic mass is 35.5. The number of carboxylic acid groups (broad SMARTS) is 1. The van der Waals surface area contributed by atoms with Crippen molar-refractivity contribution in [3.8, 4) is 0 Å². The van der Waals surface area contributed by atoms with E-state index in [9.17, 15) is 9.90 Å². The van der Waals surface area contributed by atoms with Crippen LogP contribution in [-0.2, 0) is 13.6 Å². The molecule has 0 saturated heterocycles. The Morgan fingerprint density at radius 2 is 2.29 bits per heavy atom. The fraction of sp³-hybridized carbons (Fsp3) is 0.154. The third-order valence-corrected chi connectivity index (χ3v) is 4.29. The number of nitrogens with one attached hydrogen (secondary N) is 1. The van der Waals surface area contributed by atoms with Gasteiger partial charge in [-0.2, -0.15) is 5.10 Å². The highest BCUT2D eigenvalue weighted by Gasteiger charge is 2.16. The molecule has 0 bridgehead atoms. The van der Waals surface area contributed by atoms with Gasteiger partial charge < -0.3 is 10.4 Å². The second-order valence-electron chi connectivity index (χ2n) is 4.42. The Morgan fingerprint density at radius 3 is 2.95 bits per heavy atom. The van der Waals surface area contributed by atoms with Crippen LogP contribution in [0.4, 0.5) is 5.69 Å². The van der Waals surface area contributed by atoms with Crippen LogP contribution in [0.2, 0.25) is 4.34 Å². The topological polar surface area (TPSA) is 80.0 Å². The van der Waals surface area contributed by atoms with Crippen molar-refractivity contribution < 1.29 is 9.90 Å². The third kappa shape index (κ3) is 2.57. The number of halogens is 1. The summed E-state index contributed by atoms with van der Waals surface area (Å²) < 4.78 is 2.31. The summed E-state index contributed by atoms with van der Waals surface area (Å²) in [5.41, 5.74) is 1.27. The normalized spacial score (nSPS) is 11.0. The van der Waals surface area contributed by atoms with Gasteiger partial charge in [0.05, 0.1) is 21.6 Å². The van der Waals surface area contributed by atoms with Gasteiger partial charge in [0.1, 0.15) is 5.56 Å². The first-order chi connectivity index (χ1) is 10.1. The molecule has 21 heavy (non-hydrogen) atoms. The Balaban J connectivity index is 2.01. The van der Waals surface area contributed by atoms with Crippen molar-refractivity contribution in [2.24, 2.45) is 7.05 Å². The fourth-order valence-electron chi connectivity index (χ4n) is 2.07. The summed E-state index contributed by atoms with van der Waals surface area (Å²) in [6.45, 7) is 0.492. The lowest BCUT2D eigenvalue weighted by Crippen LogP contribution is -2.07. The van der Waals surface area contributed by atoms with Crippen LogP contribution in [0, 0.1) is 0 Å². The van der Waals surface area contributed by atoms with E-state index in [1.807, 2.05) is 12.1 Å². The van der Waals surface area contributed by atoms with Crippen molar-refractivity contribution in [1.29, 1.82) is 0 Å². The maximum atomic E-state index is 11.4. The number of rotatable bonds is 4. The number of thiophene rings is 1. The van der Waals surface area contributed by atoms with E-state index in [-0.39, 0.29) is 5.56 Å². The molecular weight excluding hydrogens is 312 g/mol. The molecule has 0 spiro atoms. The average molecular weight is 323 g/mol. The number of nitrogens with zero attached hydrogens (tertiary/aromatic N) is 3. The fourth-order valence-corrected chi connectivity index (χ4v) is 3.10. The van der Waals surface area contributed by atoms with Crippen LogP contribution in [0.1, 0.15) is 15.2 Å². The smallest absolute Gasteiger partial charge is 0.339 e. The molecule has 0 aliphatic carbocycles. The summed E-state index contributed by atoms with van der Waals surface area (Å²) in [4.78, 5) is 16.5. The van der Waals surface area contributed by atoms with E-state index in [1.54, 1.807) is 17.9 Å². The van der Waals surface area contributed by atoms with Crippen LogP contribution in [0.15, 0.2) is 24.5 Å². The van der Waals surface area contributed by atoms with Crippen LogP contribution in [-0.4, -0.2) is 25.8 Å². The van der Waals surface area contributed by atoms with Crippen molar-refractivity contribution >= 4 is 45.6 Å². The van der Waals surface area contributed by atoms with Gasteiger partial charge in [0.15, 0.2) is 5.65 Å². The summed E-state index contributed by atoms with van der Waals surface area (Å²) in [7, 11) is 1.76. The zero-order chi connectivity index (χ0) is 15.0. The van der Waals surface area contributed by atoms with Crippen LogP contribution in [0.25, 0.3) is 11.0 Å². The minimum atomic E-state index is -1.03. The van der Waals surface area contributed by atoms with Crippen molar-refractivity contribution in [2.45, 2.75) is 6.54 Å². The van der Waals surface area contributed by atoms with Gasteiger partial charge in [-0.25, -0.2) is 9.78 Å². The van der Waals surface area contributed by atoms with Gasteiger partial charge in [-0.15, -0.1) is 11.3 Å². The Kier molecular flexibility index (Phi) is 3.52. The van der Waals surface area contributed by atoms with Crippen LogP contribution < -0.4 is 5.32 Å². The minimum Gasteiger partial charge on any atom is -0.478 e. The highest BCUT2D eigenvalue weighted by Crippen LogP contribution is 2.28. The van der Waals surface area contributed by atoms with Crippen molar-refractivity contribution in [1.82, 2.24) is 14.8 Å². The highest BCUT2D eigenvalue weighted by molar-refractivity contribution is 7.16. The summed E-state index contributed by atoms with van der Waals surface area (Å²) in [5, 5.41) is 17.3. The Hall–Kier alpha value is -2.12. The van der Waals surface area contributed by atoms with Gasteiger partial charge in [0.25, 0.3) is 0 Å². The molecule has 0 aromatic carbocycles. The molecule has 0 saturated carbocycles. The monoisotopic (exact) mass is 322 g/mol. The number of carboxylic acids is 1. The summed E-state index contributed by atoms with van der Waals surface area (Å²) in [5.74, 6) is -1.03. The van der Waals surface area contributed by atoms with E-state index in [1.165, 1.54) is 17.5 Å². The van der Waals surface area contributed by atoms with E-state index < -0.39 is 5.97 Å². The molecule has 2 N–H and O–H groups in total. The number of fused-ring (bicyclic) bond motifs is 1. The van der Waals surface area contributed by atoms with Crippen LogP contribution in [0.3, 0.4) is 0 Å². The quantitative estimate of drug-likeness (QED) is 0.772. The number of aromatic carboxylic acids is 1. The molecule has 0 radical (unpaired) electrons. The van der Waals surface area contributed by atoms with E-state index in [0.717, 1.165) is 4.88 Å². The molecule has 6 nitrogen and oxygen atoms in total. The number of aromatic nitrogens is 3. The SMILES string of the molecule is Cn1ncc2c(NCc3ccc(Cl)s3)c(C(=O)O)cnc21. The summed E-state index contributed by atoms with van der Waals surface area (Å²) >= 11 is 7.35. The summed E-state index contributed by atoms with van der Waals surface area (Å²) in [6.07, 6.45) is 2.95. The van der Waals surface area contributed by atoms with Crippen LogP contribution >= 0.6 is 22.9 Å². The third-order valence-electron chi connectivity index (χ3n) is 3.06. The number of carbonyl (C=O) groups is 1. The lowest BCUT2D eigenvalue weighted by Gasteiger charge is -2.09. The molecule has 3 rings (SSSR count). The zero-order valence-corrected chi connectivity index (χ0v) is 12.6. The molecule has 108 valence electrons. The molecule has 8 heteroatoms. The number of hydrogen-bond donors (Lipinski definition) is 2. The number of hydrogen-bond acceptors (Lipinski definition) is 5. The van der Waals surface area contributed by atoms with E-state index in [2.05, 4.69) is 15.4 Å². The maximum absolute atomic E-state index is 11.4. The lowest BCUT2D eigenvalue weighted by molar-refractivity contribution is 0.0697. The van der Waals surface area contributed by atoms with Crippen molar-refractivity contribution in [2.75, 3.05) is 5.32 Å². The predicted molar refractivity (Wildman–Crippen MR) is 82.1 cm³/mol. The Morgan fingerprint density at radius 1 is 1.48 bits per heavy atom. The first kappa shape index (κ1) is 13.8. The van der Waals surface area contributed by atoms with Gasteiger partial charge in [0.2, 0.25) is 0 Å². The van der Waals surface area contributed by atoms with Gasteiger partial charge >= 0.3 is 5.97 Å². The van der Waals surface area contributed by atoms with Gasteiger partial charge in [-0.1, -0.05) is 11.6 Å². The molecule has 0 fully saturated rings. The first-order valence-electron chi connectivity index (χ1n) is 6.08. The molecule has 0 unspecified atom stereocenters. The Labute approximate surface area is 129 Å². The second kappa shape index (κ2) is 5.34. The van der Waals surface area contributed by atoms with Crippen molar-refractivity contribution in [3.63, 3.8) is 0 Å². The standard InChI is InChI=1S/C13H11ClN4O2S/c1-18-12-8(6-17-18)11(9(5-16-12)13(19)20)15-4-7-2-3-10(14)21-7/h2-3,5-6H,4H2,1H3,(H,15,16)(H,19,20). The molecule has 0 amide bonds. The molecule has 0 atom stereocenters. The van der Waals surface area contributed by atoms with Crippen molar-refractivity contribution in [3.05, 3.63) is 39.3 Å². The predicted octanol–water partition coefficient (Wildman–Crippen LogP) is 2.99. The van der Waals surface area contributed by atoms with Gasteiger partial charge in [-0.3, -0.25) is 4.68 Å². The van der Waals surface area contributed by atoms with E-state index >= 15 is 0 Å². The molecule has 3 heterocycles. The van der Waals surface area contributed by atoms with E-state index in [4.69, 9.17) is 11.6 Å². The number of anilines is 1. The lowest BCUT2D eigenvalue weighted by atomic mass is 10.2. The molecule has 3 aromatic heterocycles. The Bertz CT molecular complexity index is 827. The minimum absolute atomic E-state index is 0.123. The zero-order valence-electron chi connectivity index (χ0n) is 11.0. The molecule has 3 aromatic rings. The number of pyridine rings is 1. The van der Waals surface area contributed by atoms with E-state index in [0.29, 0.717) is 27.6 Å². The van der Waals surface area contributed by atoms with Gasteiger partial charge in [0, 0.05) is 24.7 Å². The van der Waals surface area contributed by atoms with Crippen LogP contribution in [0.5, 0.6) is 0 Å². The second-order valence-corrected chi connectivity index (χ2v) is 6.22. The molecule has 0 aliphatic heterocycles. The largest absolute Gasteiger partial charge is 0.478 e. The molecule has 0 aliphatic rings. The number of aryl methyl sites for hydroxylation is 1. The maximum Gasteiger partial charge on any atom is 0.339 e. The summed E-state index contributed by atoms with van der Waals surface area (Å²) in [6, 6.07) is 3.72. The molecular formula is C13H11ClN4O2S. The first-order valence-corrected chi connectivity index (χ1v) is 7.28.